The predicted molar refractivity (Wildman–Crippen MR) is 201 cm³/mol. The Bertz CT molecular complexity index is 2250. The number of anilines is 1. The van der Waals surface area contributed by atoms with E-state index in [4.69, 9.17) is 5.73 Å². The first-order valence-corrected chi connectivity index (χ1v) is 17.8. The summed E-state index contributed by atoms with van der Waals surface area (Å²) in [4.78, 5) is 28.7. The molecule has 2 heterocycles. The van der Waals surface area contributed by atoms with Crippen molar-refractivity contribution in [3.05, 3.63) is 118 Å². The van der Waals surface area contributed by atoms with Crippen LogP contribution in [0.2, 0.25) is 0 Å². The number of pyridine rings is 1. The van der Waals surface area contributed by atoms with Gasteiger partial charge in [-0.2, -0.15) is 0 Å². The Morgan fingerprint density at radius 2 is 1.77 bits per heavy atom. The van der Waals surface area contributed by atoms with E-state index >= 15 is 0 Å². The maximum Gasteiger partial charge on any atom is 0.412 e. The second-order valence-electron chi connectivity index (χ2n) is 13.6. The first-order valence-electron chi connectivity index (χ1n) is 17.8. The number of phenolic OH excluding ortho intramolecular Hbond substituents is 1. The lowest BCUT2D eigenvalue weighted by Gasteiger charge is -2.35. The van der Waals surface area contributed by atoms with Crippen LogP contribution in [0.15, 0.2) is 95.8 Å². The zero-order valence-corrected chi connectivity index (χ0v) is 28.8. The van der Waals surface area contributed by atoms with E-state index < -0.39 is 12.2 Å². The molecule has 4 aromatic carbocycles. The number of hydrogen-bond acceptors (Lipinski definition) is 8. The van der Waals surface area contributed by atoms with E-state index in [-0.39, 0.29) is 29.9 Å². The van der Waals surface area contributed by atoms with Gasteiger partial charge in [0.15, 0.2) is 0 Å². The van der Waals surface area contributed by atoms with Crippen LogP contribution in [-0.4, -0.2) is 60.0 Å². The molecule has 12 heteroatoms. The maximum atomic E-state index is 12.7. The Kier molecular flexibility index (Phi) is 10.3. The number of carbonyl (C=O) groups is 1. The number of aliphatic hydroxyl groups is 1. The number of aromatic hydroxyl groups is 1. The van der Waals surface area contributed by atoms with Crippen LogP contribution in [0, 0.1) is 0 Å². The number of nitrogens with zero attached hydrogens (tertiary/aromatic N) is 4. The number of rotatable bonds is 12. The van der Waals surface area contributed by atoms with Gasteiger partial charge in [0.2, 0.25) is 5.56 Å². The highest BCUT2D eigenvalue weighted by Gasteiger charge is 2.30. The largest absolute Gasteiger partial charge is 0.506 e. The third-order valence-electron chi connectivity index (χ3n) is 10.1. The van der Waals surface area contributed by atoms with Crippen LogP contribution in [0.5, 0.6) is 5.75 Å². The zero-order valence-electron chi connectivity index (χ0n) is 28.8. The fourth-order valence-corrected chi connectivity index (χ4v) is 7.35. The van der Waals surface area contributed by atoms with Crippen molar-refractivity contribution in [3.8, 4) is 16.9 Å². The molecule has 12 nitrogen and oxygen atoms in total. The van der Waals surface area contributed by atoms with E-state index in [1.807, 2.05) is 65.3 Å². The maximum absolute atomic E-state index is 12.7. The van der Waals surface area contributed by atoms with E-state index in [1.54, 1.807) is 17.0 Å². The minimum absolute atomic E-state index is 0.0483. The van der Waals surface area contributed by atoms with Gasteiger partial charge in [0, 0.05) is 48.7 Å². The quantitative estimate of drug-likeness (QED) is 0.0911. The monoisotopic (exact) mass is 701 g/mol. The lowest BCUT2D eigenvalue weighted by molar-refractivity contribution is 0.176. The van der Waals surface area contributed by atoms with E-state index in [0.29, 0.717) is 35.2 Å². The van der Waals surface area contributed by atoms with Crippen LogP contribution in [0.4, 0.5) is 10.5 Å². The minimum Gasteiger partial charge on any atom is -0.506 e. The van der Waals surface area contributed by atoms with Gasteiger partial charge in [-0.05, 0) is 91.1 Å². The molecule has 6 aromatic rings. The van der Waals surface area contributed by atoms with Crippen LogP contribution < -0.4 is 21.5 Å². The second kappa shape index (κ2) is 15.4. The molecule has 1 atom stereocenters. The Morgan fingerprint density at radius 3 is 2.56 bits per heavy atom. The average Bonchev–Trinajstić information content (AvgIpc) is 3.55. The number of aryl methyl sites for hydroxylation is 2. The molecule has 1 aliphatic carbocycles. The molecule has 1 fully saturated rings. The van der Waals surface area contributed by atoms with Gasteiger partial charge in [0.05, 0.1) is 22.8 Å². The molecule has 0 unspecified atom stereocenters. The van der Waals surface area contributed by atoms with Crippen molar-refractivity contribution in [1.29, 1.82) is 0 Å². The number of benzene rings is 4. The number of amides is 1. The van der Waals surface area contributed by atoms with E-state index in [9.17, 15) is 24.9 Å². The van der Waals surface area contributed by atoms with Crippen LogP contribution >= 0.6 is 0 Å². The topological polar surface area (TPSA) is 183 Å². The first kappa shape index (κ1) is 34.9. The lowest BCUT2D eigenvalue weighted by atomic mass is 9.89. The smallest absolute Gasteiger partial charge is 0.412 e. The molecular weight excluding hydrogens is 658 g/mol. The summed E-state index contributed by atoms with van der Waals surface area (Å²) in [5.74, 6) is -0.0483. The Labute approximate surface area is 300 Å². The molecule has 268 valence electrons. The van der Waals surface area contributed by atoms with Gasteiger partial charge in [0.1, 0.15) is 11.3 Å². The summed E-state index contributed by atoms with van der Waals surface area (Å²) >= 11 is 0. The highest BCUT2D eigenvalue weighted by Crippen LogP contribution is 2.36. The molecule has 7 rings (SSSR count). The molecule has 1 aliphatic rings. The van der Waals surface area contributed by atoms with Crippen molar-refractivity contribution >= 4 is 33.7 Å². The van der Waals surface area contributed by atoms with Crippen molar-refractivity contribution in [1.82, 2.24) is 25.3 Å². The van der Waals surface area contributed by atoms with Crippen LogP contribution in [0.1, 0.15) is 54.9 Å². The molecule has 0 bridgehead atoms. The van der Waals surface area contributed by atoms with Crippen molar-refractivity contribution in [3.63, 3.8) is 0 Å². The van der Waals surface area contributed by atoms with Gasteiger partial charge in [0.25, 0.3) is 0 Å². The molecule has 0 saturated heterocycles. The Morgan fingerprint density at radius 1 is 0.981 bits per heavy atom. The summed E-state index contributed by atoms with van der Waals surface area (Å²) in [6.45, 7) is 1.40. The summed E-state index contributed by atoms with van der Waals surface area (Å²) in [6, 6.07) is 28.2. The molecule has 2 aromatic heterocycles. The minimum atomic E-state index is -0.945. The number of hydrogen-bond donors (Lipinski definition) is 6. The summed E-state index contributed by atoms with van der Waals surface area (Å²) < 4.78 is 1.89. The highest BCUT2D eigenvalue weighted by atomic mass is 16.4. The fourth-order valence-electron chi connectivity index (χ4n) is 7.35. The molecule has 52 heavy (non-hydrogen) atoms. The summed E-state index contributed by atoms with van der Waals surface area (Å²) in [7, 11) is 0. The van der Waals surface area contributed by atoms with Gasteiger partial charge in [-0.15, -0.1) is 5.10 Å². The Balaban J connectivity index is 1.00. The number of H-pyrrole nitrogens is 1. The van der Waals surface area contributed by atoms with Crippen LogP contribution in [0.3, 0.4) is 0 Å². The van der Waals surface area contributed by atoms with Crippen molar-refractivity contribution in [2.45, 2.75) is 69.8 Å². The summed E-state index contributed by atoms with van der Waals surface area (Å²) in [5, 5.41) is 44.2. The van der Waals surface area contributed by atoms with Gasteiger partial charge in [-0.3, -0.25) is 9.69 Å². The molecule has 0 aliphatic heterocycles. The third-order valence-corrected chi connectivity index (χ3v) is 10.1. The van der Waals surface area contributed by atoms with Gasteiger partial charge < -0.3 is 31.4 Å². The summed E-state index contributed by atoms with van der Waals surface area (Å²) in [6.07, 6.45) is 2.83. The molecule has 0 spiro atoms. The lowest BCUT2D eigenvalue weighted by Crippen LogP contribution is -2.44. The number of carboxylic acid groups (broad SMARTS) is 1. The molecule has 7 N–H and O–H groups in total. The predicted octanol–water partition coefficient (Wildman–Crippen LogP) is 5.86. The van der Waals surface area contributed by atoms with Gasteiger partial charge >= 0.3 is 6.09 Å². The van der Waals surface area contributed by atoms with Crippen molar-refractivity contribution in [2.75, 3.05) is 11.4 Å². The van der Waals surface area contributed by atoms with Crippen LogP contribution in [-0.2, 0) is 19.5 Å². The number of fused-ring (bicyclic) bond motifs is 2. The first-order chi connectivity index (χ1) is 25.2. The fraction of sp³-hybridized carbons (Fsp3) is 0.300. The SMILES string of the molecule is NC1CCC(N(C(=O)O)c2cc(CCCn3nnc4cc(CNC[C@@H](O)c5ccc(O)c6[nH]c(=O)ccc56)ccc43)ccc2-c2ccccc2)CC1. The molecular formula is C40H43N7O5. The van der Waals surface area contributed by atoms with E-state index in [0.717, 1.165) is 71.8 Å². The van der Waals surface area contributed by atoms with Crippen molar-refractivity contribution < 1.29 is 20.1 Å². The number of phenols is 1. The average molecular weight is 702 g/mol. The van der Waals surface area contributed by atoms with Gasteiger partial charge in [-0.25, -0.2) is 9.48 Å². The van der Waals surface area contributed by atoms with Gasteiger partial charge in [-0.1, -0.05) is 59.8 Å². The molecule has 1 amide bonds. The molecule has 0 radical (unpaired) electrons. The van der Waals surface area contributed by atoms with E-state index in [1.165, 1.54) is 12.1 Å². The van der Waals surface area contributed by atoms with Crippen molar-refractivity contribution in [2.24, 2.45) is 5.73 Å². The zero-order chi connectivity index (χ0) is 36.2. The number of aliphatic hydroxyl groups excluding tert-OH is 1. The third kappa shape index (κ3) is 7.54. The van der Waals surface area contributed by atoms with E-state index in [2.05, 4.69) is 26.7 Å². The van der Waals surface area contributed by atoms with Crippen LogP contribution in [0.25, 0.3) is 33.1 Å². The number of aromatic nitrogens is 4. The summed E-state index contributed by atoms with van der Waals surface area (Å²) in [5.41, 5.74) is 13.1. The number of nitrogens with two attached hydrogens (primary N) is 1. The Hall–Kier alpha value is -5.56. The highest BCUT2D eigenvalue weighted by molar-refractivity contribution is 5.94. The normalized spacial score (nSPS) is 16.7. The number of aromatic amines is 1. The number of nitrogens with one attached hydrogen (secondary N) is 2. The second-order valence-corrected chi connectivity index (χ2v) is 13.6. The standard InChI is InChI=1S/C40H43N7O5/c41-28-10-12-29(13-11-28)47(40(51)52)35-22-25(8-14-30(35)27-6-2-1-3-7-27)5-4-20-46-34-17-9-26(21-33(34)44-45-46)23-42-24-37(49)31-15-18-36(48)39-32(31)16-19-38(50)43-39/h1-3,6-9,14-19,21-22,28-29,37,42,48-49H,4-5,10-13,20,23-24,41H2,(H,43,50)(H,51,52)/t28?,29?,37-/m1/s1. The molecule has 1 saturated carbocycles.